The molecule has 0 bridgehead atoms. The van der Waals surface area contributed by atoms with E-state index < -0.39 is 0 Å². The Kier molecular flexibility index (Phi) is 8.42. The fraction of sp³-hybridized carbons (Fsp3) is 0.857. The van der Waals surface area contributed by atoms with Gasteiger partial charge in [0, 0.05) is 25.4 Å². The van der Waals surface area contributed by atoms with E-state index in [0.29, 0.717) is 31.3 Å². The van der Waals surface area contributed by atoms with Crippen LogP contribution >= 0.6 is 0 Å². The predicted molar refractivity (Wildman–Crippen MR) is 74.1 cm³/mol. The second-order valence-corrected chi connectivity index (χ2v) is 5.61. The predicted octanol–water partition coefficient (Wildman–Crippen LogP) is 1.95. The van der Waals surface area contributed by atoms with Crippen LogP contribution in [0.5, 0.6) is 0 Å². The lowest BCUT2D eigenvalue weighted by Gasteiger charge is -2.15. The van der Waals surface area contributed by atoms with Gasteiger partial charge in [0.25, 0.3) is 0 Å². The molecule has 4 heteroatoms. The number of carbonyl (C=O) groups excluding carboxylic acids is 2. The molecule has 0 heterocycles. The number of amides is 2. The molecule has 2 N–H and O–H groups in total. The molecule has 0 aliphatic rings. The molecule has 0 aliphatic carbocycles. The van der Waals surface area contributed by atoms with Crippen molar-refractivity contribution in [1.82, 2.24) is 10.6 Å². The third-order valence-electron chi connectivity index (χ3n) is 3.11. The van der Waals surface area contributed by atoms with Gasteiger partial charge in [-0.3, -0.25) is 9.59 Å². The average molecular weight is 256 g/mol. The molecule has 0 aromatic heterocycles. The molecule has 0 aromatic rings. The summed E-state index contributed by atoms with van der Waals surface area (Å²) in [5, 5.41) is 5.64. The van der Waals surface area contributed by atoms with E-state index in [1.54, 1.807) is 0 Å². The van der Waals surface area contributed by atoms with Gasteiger partial charge in [-0.2, -0.15) is 0 Å². The lowest BCUT2D eigenvalue weighted by Crippen LogP contribution is -2.35. The number of carbonyl (C=O) groups is 2. The van der Waals surface area contributed by atoms with Crippen LogP contribution in [0.25, 0.3) is 0 Å². The van der Waals surface area contributed by atoms with Crippen LogP contribution in [0.15, 0.2) is 0 Å². The van der Waals surface area contributed by atoms with E-state index in [0.717, 1.165) is 6.42 Å². The van der Waals surface area contributed by atoms with Crippen LogP contribution < -0.4 is 10.6 Å². The molecule has 4 nitrogen and oxygen atoms in total. The van der Waals surface area contributed by atoms with Crippen molar-refractivity contribution in [2.45, 2.75) is 47.5 Å². The van der Waals surface area contributed by atoms with Crippen molar-refractivity contribution < 1.29 is 9.59 Å². The maximum Gasteiger partial charge on any atom is 0.223 e. The highest BCUT2D eigenvalue weighted by Gasteiger charge is 2.16. The Morgan fingerprint density at radius 3 is 2.06 bits per heavy atom. The van der Waals surface area contributed by atoms with Crippen LogP contribution in [0.2, 0.25) is 0 Å². The third kappa shape index (κ3) is 8.09. The van der Waals surface area contributed by atoms with Crippen LogP contribution in [-0.2, 0) is 9.59 Å². The molecule has 0 spiro atoms. The van der Waals surface area contributed by atoms with Crippen LogP contribution in [0.4, 0.5) is 0 Å². The second kappa shape index (κ2) is 8.95. The summed E-state index contributed by atoms with van der Waals surface area (Å²) in [4.78, 5) is 23.1. The van der Waals surface area contributed by atoms with Gasteiger partial charge in [0.1, 0.15) is 0 Å². The molecule has 0 saturated heterocycles. The molecular weight excluding hydrogens is 228 g/mol. The molecule has 18 heavy (non-hydrogen) atoms. The highest BCUT2D eigenvalue weighted by Crippen LogP contribution is 2.08. The Balaban J connectivity index is 3.65. The zero-order valence-corrected chi connectivity index (χ0v) is 12.4. The second-order valence-electron chi connectivity index (χ2n) is 5.61. The van der Waals surface area contributed by atoms with E-state index in [4.69, 9.17) is 0 Å². The Bertz CT molecular complexity index is 263. The molecule has 1 unspecified atom stereocenters. The third-order valence-corrected chi connectivity index (χ3v) is 3.11. The first-order valence-electron chi connectivity index (χ1n) is 6.89. The number of rotatable bonds is 8. The summed E-state index contributed by atoms with van der Waals surface area (Å²) in [6.07, 6.45) is 1.34. The van der Waals surface area contributed by atoms with Gasteiger partial charge in [0.2, 0.25) is 11.8 Å². The van der Waals surface area contributed by atoms with Gasteiger partial charge < -0.3 is 10.6 Å². The van der Waals surface area contributed by atoms with Crippen molar-refractivity contribution in [2.24, 2.45) is 17.8 Å². The summed E-state index contributed by atoms with van der Waals surface area (Å²) >= 11 is 0. The van der Waals surface area contributed by atoms with Crippen molar-refractivity contribution in [3.63, 3.8) is 0 Å². The number of hydrogen-bond donors (Lipinski definition) is 2. The van der Waals surface area contributed by atoms with Crippen molar-refractivity contribution in [3.05, 3.63) is 0 Å². The fourth-order valence-electron chi connectivity index (χ4n) is 1.35. The SMILES string of the molecule is CC(C)CCNC(=O)CCNC(=O)C(C)C(C)C. The Labute approximate surface area is 111 Å². The van der Waals surface area contributed by atoms with Crippen molar-refractivity contribution in [1.29, 1.82) is 0 Å². The summed E-state index contributed by atoms with van der Waals surface area (Å²) in [5.41, 5.74) is 0. The van der Waals surface area contributed by atoms with Gasteiger partial charge in [0.15, 0.2) is 0 Å². The Hall–Kier alpha value is -1.06. The largest absolute Gasteiger partial charge is 0.356 e. The van der Waals surface area contributed by atoms with E-state index in [1.165, 1.54) is 0 Å². The minimum atomic E-state index is -0.00555. The maximum atomic E-state index is 11.6. The summed E-state index contributed by atoms with van der Waals surface area (Å²) in [5.74, 6) is 0.948. The summed E-state index contributed by atoms with van der Waals surface area (Å²) in [6.45, 7) is 11.3. The normalized spacial score (nSPS) is 12.6. The maximum absolute atomic E-state index is 11.6. The molecule has 0 aliphatic heterocycles. The zero-order valence-electron chi connectivity index (χ0n) is 12.4. The fourth-order valence-corrected chi connectivity index (χ4v) is 1.35. The lowest BCUT2D eigenvalue weighted by atomic mass is 9.97. The van der Waals surface area contributed by atoms with Crippen LogP contribution in [-0.4, -0.2) is 24.9 Å². The van der Waals surface area contributed by atoms with Gasteiger partial charge in [-0.1, -0.05) is 34.6 Å². The molecular formula is C14H28N2O2. The minimum Gasteiger partial charge on any atom is -0.356 e. The van der Waals surface area contributed by atoms with Crippen molar-refractivity contribution in [3.8, 4) is 0 Å². The molecule has 1 atom stereocenters. The first kappa shape index (κ1) is 16.9. The highest BCUT2D eigenvalue weighted by atomic mass is 16.2. The summed E-state index contributed by atoms with van der Waals surface area (Å²) < 4.78 is 0. The first-order chi connectivity index (χ1) is 8.34. The van der Waals surface area contributed by atoms with E-state index in [-0.39, 0.29) is 17.7 Å². The van der Waals surface area contributed by atoms with Crippen molar-refractivity contribution >= 4 is 11.8 Å². The average Bonchev–Trinajstić information content (AvgIpc) is 2.27. The lowest BCUT2D eigenvalue weighted by molar-refractivity contribution is -0.126. The zero-order chi connectivity index (χ0) is 14.1. The number of nitrogens with one attached hydrogen (secondary N) is 2. The molecule has 2 amide bonds. The van der Waals surface area contributed by atoms with E-state index in [1.807, 2.05) is 20.8 Å². The van der Waals surface area contributed by atoms with Crippen LogP contribution in [0.1, 0.15) is 47.5 Å². The van der Waals surface area contributed by atoms with Gasteiger partial charge in [-0.05, 0) is 18.3 Å². The Morgan fingerprint density at radius 1 is 0.944 bits per heavy atom. The molecule has 106 valence electrons. The minimum absolute atomic E-state index is 0.00555. The summed E-state index contributed by atoms with van der Waals surface area (Å²) in [6, 6.07) is 0. The van der Waals surface area contributed by atoms with Gasteiger partial charge in [-0.15, -0.1) is 0 Å². The topological polar surface area (TPSA) is 58.2 Å². The van der Waals surface area contributed by atoms with Crippen molar-refractivity contribution in [2.75, 3.05) is 13.1 Å². The molecule has 0 saturated carbocycles. The molecule has 0 radical (unpaired) electrons. The van der Waals surface area contributed by atoms with E-state index in [9.17, 15) is 9.59 Å². The quantitative estimate of drug-likeness (QED) is 0.697. The first-order valence-corrected chi connectivity index (χ1v) is 6.89. The van der Waals surface area contributed by atoms with Gasteiger partial charge >= 0.3 is 0 Å². The van der Waals surface area contributed by atoms with Crippen LogP contribution in [0.3, 0.4) is 0 Å². The smallest absolute Gasteiger partial charge is 0.223 e. The van der Waals surface area contributed by atoms with Gasteiger partial charge in [0.05, 0.1) is 0 Å². The number of hydrogen-bond acceptors (Lipinski definition) is 2. The molecule has 0 aromatic carbocycles. The van der Waals surface area contributed by atoms with Gasteiger partial charge in [-0.25, -0.2) is 0 Å². The standard InChI is InChI=1S/C14H28N2O2/c1-10(2)6-8-15-13(17)7-9-16-14(18)12(5)11(3)4/h10-12H,6-9H2,1-5H3,(H,15,17)(H,16,18). The highest BCUT2D eigenvalue weighted by molar-refractivity contribution is 5.80. The van der Waals surface area contributed by atoms with E-state index in [2.05, 4.69) is 24.5 Å². The van der Waals surface area contributed by atoms with Crippen LogP contribution in [0, 0.1) is 17.8 Å². The summed E-state index contributed by atoms with van der Waals surface area (Å²) in [7, 11) is 0. The monoisotopic (exact) mass is 256 g/mol. The van der Waals surface area contributed by atoms with E-state index >= 15 is 0 Å². The molecule has 0 fully saturated rings. The Morgan fingerprint density at radius 2 is 1.56 bits per heavy atom. The molecule has 0 rings (SSSR count).